The molecule has 0 aromatic heterocycles. The highest BCUT2D eigenvalue weighted by Crippen LogP contribution is 2.54. The quantitative estimate of drug-likeness (QED) is 0.839. The summed E-state index contributed by atoms with van der Waals surface area (Å²) in [7, 11) is 0. The van der Waals surface area contributed by atoms with Crippen LogP contribution in [0.25, 0.3) is 0 Å². The highest BCUT2D eigenvalue weighted by atomic mass is 19.1. The van der Waals surface area contributed by atoms with E-state index in [9.17, 15) is 13.9 Å². The molecule has 1 saturated carbocycles. The fourth-order valence-corrected chi connectivity index (χ4v) is 1.98. The summed E-state index contributed by atoms with van der Waals surface area (Å²) in [6.07, 6.45) is 2.15. The van der Waals surface area contributed by atoms with Crippen LogP contribution in [0.4, 0.5) is 8.78 Å². The first-order valence-electron chi connectivity index (χ1n) is 5.50. The second-order valence-corrected chi connectivity index (χ2v) is 5.25. The van der Waals surface area contributed by atoms with E-state index >= 15 is 0 Å². The second kappa shape index (κ2) is 3.52. The molecule has 0 saturated heterocycles. The summed E-state index contributed by atoms with van der Waals surface area (Å²) in [4.78, 5) is 0. The molecule has 0 spiro atoms. The van der Waals surface area contributed by atoms with Crippen molar-refractivity contribution in [2.24, 2.45) is 5.41 Å². The van der Waals surface area contributed by atoms with E-state index in [1.54, 1.807) is 6.92 Å². The number of halogens is 2. The number of rotatable bonds is 3. The number of hydrogen-bond acceptors (Lipinski definition) is 1. The van der Waals surface area contributed by atoms with E-state index in [0.29, 0.717) is 5.56 Å². The molecule has 1 atom stereocenters. The Kier molecular flexibility index (Phi) is 2.54. The lowest BCUT2D eigenvalue weighted by Gasteiger charge is -2.30. The minimum atomic E-state index is -0.925. The highest BCUT2D eigenvalue weighted by molar-refractivity contribution is 5.22. The van der Waals surface area contributed by atoms with Crippen molar-refractivity contribution in [3.63, 3.8) is 0 Å². The molecule has 0 radical (unpaired) electrons. The van der Waals surface area contributed by atoms with Gasteiger partial charge in [0.05, 0.1) is 5.60 Å². The summed E-state index contributed by atoms with van der Waals surface area (Å²) in [5.74, 6) is -1.16. The predicted molar refractivity (Wildman–Crippen MR) is 58.0 cm³/mol. The van der Waals surface area contributed by atoms with Gasteiger partial charge in [-0.3, -0.25) is 0 Å². The molecular weight excluding hydrogens is 210 g/mol. The van der Waals surface area contributed by atoms with Crippen molar-refractivity contribution in [1.82, 2.24) is 0 Å². The van der Waals surface area contributed by atoms with Gasteiger partial charge in [-0.15, -0.1) is 0 Å². The monoisotopic (exact) mass is 226 g/mol. The zero-order valence-electron chi connectivity index (χ0n) is 9.56. The van der Waals surface area contributed by atoms with E-state index in [0.717, 1.165) is 18.9 Å². The third-order valence-corrected chi connectivity index (χ3v) is 3.85. The molecule has 1 aliphatic carbocycles. The van der Waals surface area contributed by atoms with Gasteiger partial charge >= 0.3 is 0 Å². The molecule has 0 amide bonds. The fourth-order valence-electron chi connectivity index (χ4n) is 1.98. The second-order valence-electron chi connectivity index (χ2n) is 5.25. The Morgan fingerprint density at radius 2 is 2.00 bits per heavy atom. The summed E-state index contributed by atoms with van der Waals surface area (Å²) < 4.78 is 26.2. The van der Waals surface area contributed by atoms with E-state index in [2.05, 4.69) is 0 Å². The molecule has 0 bridgehead atoms. The van der Waals surface area contributed by atoms with Gasteiger partial charge in [0, 0.05) is 12.5 Å². The lowest BCUT2D eigenvalue weighted by atomic mass is 9.82. The van der Waals surface area contributed by atoms with Gasteiger partial charge in [0.1, 0.15) is 11.6 Å². The highest BCUT2D eigenvalue weighted by Gasteiger charge is 2.52. The van der Waals surface area contributed by atoms with Crippen molar-refractivity contribution in [2.75, 3.05) is 0 Å². The Hall–Kier alpha value is -0.960. The molecule has 1 unspecified atom stereocenters. The number of aliphatic hydroxyl groups is 1. The maximum Gasteiger partial charge on any atom is 0.129 e. The molecule has 16 heavy (non-hydrogen) atoms. The normalized spacial score (nSPS) is 21.6. The van der Waals surface area contributed by atoms with Crippen LogP contribution in [0.3, 0.4) is 0 Å². The third kappa shape index (κ3) is 1.96. The van der Waals surface area contributed by atoms with Crippen molar-refractivity contribution in [3.8, 4) is 0 Å². The van der Waals surface area contributed by atoms with Crippen molar-refractivity contribution < 1.29 is 13.9 Å². The molecule has 1 fully saturated rings. The van der Waals surface area contributed by atoms with Crippen molar-refractivity contribution in [3.05, 3.63) is 35.4 Å². The molecule has 88 valence electrons. The van der Waals surface area contributed by atoms with Crippen LogP contribution in [0.15, 0.2) is 18.2 Å². The van der Waals surface area contributed by atoms with Gasteiger partial charge in [0.25, 0.3) is 0 Å². The van der Waals surface area contributed by atoms with Crippen molar-refractivity contribution >= 4 is 0 Å². The Labute approximate surface area is 94.1 Å². The smallest absolute Gasteiger partial charge is 0.129 e. The predicted octanol–water partition coefficient (Wildman–Crippen LogP) is 3.06. The Bertz CT molecular complexity index is 408. The van der Waals surface area contributed by atoms with Gasteiger partial charge in [-0.2, -0.15) is 0 Å². The Morgan fingerprint density at radius 1 is 1.38 bits per heavy atom. The zero-order chi connectivity index (χ0) is 12.0. The van der Waals surface area contributed by atoms with Crippen LogP contribution in [0.5, 0.6) is 0 Å². The lowest BCUT2D eigenvalue weighted by Crippen LogP contribution is -2.37. The minimum Gasteiger partial charge on any atom is -0.389 e. The molecule has 1 aliphatic rings. The summed E-state index contributed by atoms with van der Waals surface area (Å²) in [6.45, 7) is 3.72. The van der Waals surface area contributed by atoms with Crippen LogP contribution in [-0.4, -0.2) is 10.7 Å². The first kappa shape index (κ1) is 11.5. The van der Waals surface area contributed by atoms with Gasteiger partial charge in [0.2, 0.25) is 0 Å². The molecule has 3 heteroatoms. The van der Waals surface area contributed by atoms with Gasteiger partial charge in [-0.05, 0) is 36.8 Å². The average Bonchev–Trinajstić information content (AvgIpc) is 2.90. The van der Waals surface area contributed by atoms with E-state index in [-0.39, 0.29) is 11.8 Å². The van der Waals surface area contributed by atoms with Crippen LogP contribution in [-0.2, 0) is 6.42 Å². The molecule has 2 rings (SSSR count). The van der Waals surface area contributed by atoms with Crippen LogP contribution in [0, 0.1) is 17.0 Å². The van der Waals surface area contributed by atoms with Crippen LogP contribution >= 0.6 is 0 Å². The van der Waals surface area contributed by atoms with E-state index < -0.39 is 17.2 Å². The maximum atomic E-state index is 13.4. The Balaban J connectivity index is 2.20. The average molecular weight is 226 g/mol. The standard InChI is InChI=1S/C13H16F2O/c1-12(5-6-12)13(2,16)8-9-3-4-10(14)7-11(9)15/h3-4,7,16H,5-6,8H2,1-2H3. The van der Waals surface area contributed by atoms with Gasteiger partial charge in [-0.25, -0.2) is 8.78 Å². The molecule has 1 aromatic carbocycles. The van der Waals surface area contributed by atoms with Crippen molar-refractivity contribution in [2.45, 2.75) is 38.7 Å². The Morgan fingerprint density at radius 3 is 2.50 bits per heavy atom. The summed E-state index contributed by atoms with van der Waals surface area (Å²) in [5.41, 5.74) is -0.668. The zero-order valence-corrected chi connectivity index (χ0v) is 9.56. The fraction of sp³-hybridized carbons (Fsp3) is 0.538. The molecule has 1 N–H and O–H groups in total. The van der Waals surface area contributed by atoms with Crippen LogP contribution in [0.2, 0.25) is 0 Å². The lowest BCUT2D eigenvalue weighted by molar-refractivity contribution is -0.00771. The SMILES string of the molecule is CC(O)(Cc1ccc(F)cc1F)C1(C)CC1. The van der Waals surface area contributed by atoms with E-state index in [4.69, 9.17) is 0 Å². The minimum absolute atomic E-state index is 0.117. The summed E-state index contributed by atoms with van der Waals surface area (Å²) >= 11 is 0. The first-order valence-corrected chi connectivity index (χ1v) is 5.50. The largest absolute Gasteiger partial charge is 0.389 e. The van der Waals surface area contributed by atoms with E-state index in [1.165, 1.54) is 12.1 Å². The molecule has 1 aromatic rings. The summed E-state index contributed by atoms with van der Waals surface area (Å²) in [6, 6.07) is 3.50. The number of hydrogen-bond donors (Lipinski definition) is 1. The van der Waals surface area contributed by atoms with Crippen LogP contribution in [0.1, 0.15) is 32.3 Å². The van der Waals surface area contributed by atoms with Crippen LogP contribution < -0.4 is 0 Å². The number of benzene rings is 1. The molecule has 0 aliphatic heterocycles. The molecule has 1 nitrogen and oxygen atoms in total. The van der Waals surface area contributed by atoms with E-state index in [1.807, 2.05) is 6.92 Å². The molecular formula is C13H16F2O. The van der Waals surface area contributed by atoms with Gasteiger partial charge in [-0.1, -0.05) is 13.0 Å². The van der Waals surface area contributed by atoms with Gasteiger partial charge in [0.15, 0.2) is 0 Å². The third-order valence-electron chi connectivity index (χ3n) is 3.85. The van der Waals surface area contributed by atoms with Crippen molar-refractivity contribution in [1.29, 1.82) is 0 Å². The maximum absolute atomic E-state index is 13.4. The van der Waals surface area contributed by atoms with Gasteiger partial charge < -0.3 is 5.11 Å². The summed E-state index contributed by atoms with van der Waals surface area (Å²) in [5, 5.41) is 10.3. The topological polar surface area (TPSA) is 20.2 Å². The molecule has 0 heterocycles. The first-order chi connectivity index (χ1) is 7.34.